The summed E-state index contributed by atoms with van der Waals surface area (Å²) in [6, 6.07) is 4.79. The summed E-state index contributed by atoms with van der Waals surface area (Å²) in [5.74, 6) is 0.910. The molecule has 2 N–H and O–H groups in total. The maximum absolute atomic E-state index is 5.59. The van der Waals surface area contributed by atoms with Gasteiger partial charge >= 0.3 is 0 Å². The van der Waals surface area contributed by atoms with Crippen molar-refractivity contribution in [3.63, 3.8) is 0 Å². The zero-order chi connectivity index (χ0) is 17.9. The minimum atomic E-state index is 0.300. The van der Waals surface area contributed by atoms with Gasteiger partial charge in [0.2, 0.25) is 0 Å². The fourth-order valence-corrected chi connectivity index (χ4v) is 3.89. The quantitative estimate of drug-likeness (QED) is 0.379. The van der Waals surface area contributed by atoms with Crippen molar-refractivity contribution >= 4 is 17.3 Å². The maximum atomic E-state index is 5.59. The monoisotopic (exact) mass is 366 g/mol. The van der Waals surface area contributed by atoms with Crippen LogP contribution in [0.1, 0.15) is 51.0 Å². The van der Waals surface area contributed by atoms with Crippen LogP contribution in [0.3, 0.4) is 0 Å². The van der Waals surface area contributed by atoms with E-state index in [0.29, 0.717) is 12.1 Å². The molecule has 1 aliphatic rings. The lowest BCUT2D eigenvalue weighted by Crippen LogP contribution is -2.39. The van der Waals surface area contributed by atoms with Gasteiger partial charge in [0, 0.05) is 24.6 Å². The highest BCUT2D eigenvalue weighted by Crippen LogP contribution is 2.28. The minimum absolute atomic E-state index is 0.300. The molecule has 1 aliphatic heterocycles. The minimum Gasteiger partial charge on any atom is -0.379 e. The van der Waals surface area contributed by atoms with Gasteiger partial charge in [0.05, 0.1) is 18.7 Å². The first-order valence-electron chi connectivity index (χ1n) is 9.62. The Bertz CT molecular complexity index is 484. The van der Waals surface area contributed by atoms with Crippen LogP contribution in [0, 0.1) is 0 Å². The smallest absolute Gasteiger partial charge is 0.191 e. The molecule has 2 heterocycles. The van der Waals surface area contributed by atoms with Gasteiger partial charge in [0.1, 0.15) is 0 Å². The molecule has 0 spiro atoms. The van der Waals surface area contributed by atoms with E-state index in [2.05, 4.69) is 53.8 Å². The van der Waals surface area contributed by atoms with Gasteiger partial charge in [-0.15, -0.1) is 11.3 Å². The second kappa shape index (κ2) is 11.5. The summed E-state index contributed by atoms with van der Waals surface area (Å²) in [6.45, 7) is 12.0. The van der Waals surface area contributed by atoms with Crippen molar-refractivity contribution in [3.8, 4) is 0 Å². The first-order valence-corrected chi connectivity index (χ1v) is 10.5. The highest BCUT2D eigenvalue weighted by Gasteiger charge is 2.24. The summed E-state index contributed by atoms with van der Waals surface area (Å²) < 4.78 is 5.59. The van der Waals surface area contributed by atoms with Crippen molar-refractivity contribution in [2.24, 2.45) is 4.99 Å². The summed E-state index contributed by atoms with van der Waals surface area (Å²) >= 11 is 1.84. The topological polar surface area (TPSA) is 48.9 Å². The fourth-order valence-electron chi connectivity index (χ4n) is 3.04. The molecular formula is C19H34N4OS. The lowest BCUT2D eigenvalue weighted by Gasteiger charge is -2.25. The average molecular weight is 367 g/mol. The van der Waals surface area contributed by atoms with Gasteiger partial charge in [-0.3, -0.25) is 9.89 Å². The van der Waals surface area contributed by atoms with Crippen molar-refractivity contribution in [2.45, 2.75) is 52.2 Å². The SMILES string of the molecule is CCNC(=NCC(c1cccs1)N1CCCC1)NCCCOC(C)C. The lowest BCUT2D eigenvalue weighted by molar-refractivity contribution is 0.0776. The van der Waals surface area contributed by atoms with Crippen LogP contribution in [0.25, 0.3) is 0 Å². The Morgan fingerprint density at radius 2 is 2.12 bits per heavy atom. The Hall–Kier alpha value is -1.11. The van der Waals surface area contributed by atoms with Crippen LogP contribution in [0.2, 0.25) is 0 Å². The van der Waals surface area contributed by atoms with E-state index >= 15 is 0 Å². The molecular weight excluding hydrogens is 332 g/mol. The van der Waals surface area contributed by atoms with Gasteiger partial charge in [-0.25, -0.2) is 0 Å². The molecule has 1 aromatic rings. The van der Waals surface area contributed by atoms with Gasteiger partial charge in [-0.1, -0.05) is 6.07 Å². The van der Waals surface area contributed by atoms with Crippen LogP contribution in [0.4, 0.5) is 0 Å². The molecule has 0 aliphatic carbocycles. The maximum Gasteiger partial charge on any atom is 0.191 e. The molecule has 142 valence electrons. The van der Waals surface area contributed by atoms with E-state index in [9.17, 15) is 0 Å². The molecule has 1 unspecified atom stereocenters. The second-order valence-corrected chi connectivity index (χ2v) is 7.67. The summed E-state index contributed by atoms with van der Waals surface area (Å²) in [5.41, 5.74) is 0. The summed E-state index contributed by atoms with van der Waals surface area (Å²) in [6.07, 6.45) is 3.90. The molecule has 2 rings (SSSR count). The summed E-state index contributed by atoms with van der Waals surface area (Å²) in [7, 11) is 0. The Morgan fingerprint density at radius 3 is 2.76 bits per heavy atom. The predicted molar refractivity (Wildman–Crippen MR) is 108 cm³/mol. The Labute approximate surface area is 156 Å². The average Bonchev–Trinajstić information content (AvgIpc) is 3.28. The van der Waals surface area contributed by atoms with Gasteiger partial charge in [-0.05, 0) is 64.6 Å². The third kappa shape index (κ3) is 7.34. The number of aliphatic imine (C=N–C) groups is 1. The van der Waals surface area contributed by atoms with Crippen LogP contribution in [-0.2, 0) is 4.74 Å². The van der Waals surface area contributed by atoms with E-state index < -0.39 is 0 Å². The zero-order valence-corrected chi connectivity index (χ0v) is 16.8. The van der Waals surface area contributed by atoms with Crippen molar-refractivity contribution in [1.82, 2.24) is 15.5 Å². The number of likely N-dealkylation sites (tertiary alicyclic amines) is 1. The normalized spacial score (nSPS) is 17.2. The molecule has 1 fully saturated rings. The summed E-state index contributed by atoms with van der Waals surface area (Å²) in [5, 5.41) is 8.95. The molecule has 0 radical (unpaired) electrons. The Kier molecular flexibility index (Phi) is 9.29. The molecule has 0 bridgehead atoms. The van der Waals surface area contributed by atoms with Crippen LogP contribution in [-0.4, -0.2) is 56.3 Å². The number of nitrogens with one attached hydrogen (secondary N) is 2. The van der Waals surface area contributed by atoms with E-state index in [1.54, 1.807) is 0 Å². The number of hydrogen-bond acceptors (Lipinski definition) is 4. The number of guanidine groups is 1. The Morgan fingerprint density at radius 1 is 1.32 bits per heavy atom. The van der Waals surface area contributed by atoms with Gasteiger partial charge in [-0.2, -0.15) is 0 Å². The van der Waals surface area contributed by atoms with Crippen LogP contribution >= 0.6 is 11.3 Å². The van der Waals surface area contributed by atoms with E-state index in [1.807, 2.05) is 11.3 Å². The number of thiophene rings is 1. The molecule has 1 saturated heterocycles. The molecule has 0 amide bonds. The third-order valence-corrected chi connectivity index (χ3v) is 5.26. The number of nitrogens with zero attached hydrogens (tertiary/aromatic N) is 2. The van der Waals surface area contributed by atoms with Crippen LogP contribution in [0.5, 0.6) is 0 Å². The van der Waals surface area contributed by atoms with Crippen molar-refractivity contribution in [2.75, 3.05) is 39.3 Å². The van der Waals surface area contributed by atoms with Crippen LogP contribution in [0.15, 0.2) is 22.5 Å². The first kappa shape index (κ1) is 20.2. The first-order chi connectivity index (χ1) is 12.2. The summed E-state index contributed by atoms with van der Waals surface area (Å²) in [4.78, 5) is 8.87. The van der Waals surface area contributed by atoms with Crippen molar-refractivity contribution < 1.29 is 4.74 Å². The van der Waals surface area contributed by atoms with Crippen molar-refractivity contribution in [1.29, 1.82) is 0 Å². The highest BCUT2D eigenvalue weighted by atomic mass is 32.1. The van der Waals surface area contributed by atoms with Gasteiger partial charge in [0.15, 0.2) is 5.96 Å². The predicted octanol–water partition coefficient (Wildman–Crippen LogP) is 3.26. The van der Waals surface area contributed by atoms with E-state index in [4.69, 9.17) is 9.73 Å². The second-order valence-electron chi connectivity index (χ2n) is 6.69. The van der Waals surface area contributed by atoms with Gasteiger partial charge < -0.3 is 15.4 Å². The van der Waals surface area contributed by atoms with E-state index in [1.165, 1.54) is 30.8 Å². The molecule has 0 aromatic carbocycles. The molecule has 6 heteroatoms. The largest absolute Gasteiger partial charge is 0.379 e. The number of hydrogen-bond donors (Lipinski definition) is 2. The number of ether oxygens (including phenoxy) is 1. The van der Waals surface area contributed by atoms with Crippen LogP contribution < -0.4 is 10.6 Å². The molecule has 5 nitrogen and oxygen atoms in total. The number of rotatable bonds is 10. The Balaban J connectivity index is 1.87. The van der Waals surface area contributed by atoms with E-state index in [-0.39, 0.29) is 0 Å². The zero-order valence-electron chi connectivity index (χ0n) is 16.0. The lowest BCUT2D eigenvalue weighted by atomic mass is 10.2. The highest BCUT2D eigenvalue weighted by molar-refractivity contribution is 7.10. The molecule has 1 aromatic heterocycles. The molecule has 25 heavy (non-hydrogen) atoms. The standard InChI is InChI=1S/C19H34N4OS/c1-4-20-19(21-10-8-13-24-16(2)3)22-15-17(18-9-7-14-25-18)23-11-5-6-12-23/h7,9,14,16-17H,4-6,8,10-13,15H2,1-3H3,(H2,20,21,22). The van der Waals surface area contributed by atoms with Gasteiger partial charge in [0.25, 0.3) is 0 Å². The fraction of sp³-hybridized carbons (Fsp3) is 0.737. The molecule has 0 saturated carbocycles. The van der Waals surface area contributed by atoms with E-state index in [0.717, 1.165) is 38.6 Å². The molecule has 1 atom stereocenters. The van der Waals surface area contributed by atoms with Crippen molar-refractivity contribution in [3.05, 3.63) is 22.4 Å². The third-order valence-electron chi connectivity index (χ3n) is 4.28.